The average molecular weight is 302 g/mol. The highest BCUT2D eigenvalue weighted by atomic mass is 79.9. The predicted octanol–water partition coefficient (Wildman–Crippen LogP) is 1.17. The Bertz CT molecular complexity index is 398. The highest BCUT2D eigenvalue weighted by Gasteiger charge is 2.08. The maximum absolute atomic E-state index is 11.6. The van der Waals surface area contributed by atoms with Gasteiger partial charge in [-0.1, -0.05) is 0 Å². The molecule has 0 aliphatic heterocycles. The van der Waals surface area contributed by atoms with E-state index in [1.807, 2.05) is 6.92 Å². The molecule has 0 saturated heterocycles. The lowest BCUT2D eigenvalue weighted by molar-refractivity contribution is -0.127. The maximum Gasteiger partial charge on any atom is 0.241 e. The summed E-state index contributed by atoms with van der Waals surface area (Å²) in [6.07, 6.45) is 1.63. The van der Waals surface area contributed by atoms with E-state index in [2.05, 4.69) is 36.5 Å². The lowest BCUT2D eigenvalue weighted by Gasteiger charge is -2.14. The number of carbonyl (C=O) groups is 1. The van der Waals surface area contributed by atoms with Crippen molar-refractivity contribution in [2.75, 3.05) is 37.8 Å². The van der Waals surface area contributed by atoms with Gasteiger partial charge in [0.05, 0.1) is 11.0 Å². The number of rotatable bonds is 5. The van der Waals surface area contributed by atoms with E-state index in [4.69, 9.17) is 0 Å². The smallest absolute Gasteiger partial charge is 0.241 e. The van der Waals surface area contributed by atoms with Crippen LogP contribution in [0.2, 0.25) is 0 Å². The summed E-state index contributed by atoms with van der Waals surface area (Å²) in [5, 5.41) is 5.81. The number of nitrogens with one attached hydrogen (secondary N) is 2. The molecule has 0 bridgehead atoms. The molecule has 1 aromatic rings. The fourth-order valence-corrected chi connectivity index (χ4v) is 1.48. The molecule has 0 radical (unpaired) electrons. The number of aromatic nitrogens is 2. The first kappa shape index (κ1) is 13.7. The highest BCUT2D eigenvalue weighted by molar-refractivity contribution is 9.10. The molecule has 0 unspecified atom stereocenters. The Morgan fingerprint density at radius 3 is 2.88 bits per heavy atom. The van der Waals surface area contributed by atoms with E-state index in [0.717, 1.165) is 4.47 Å². The Balaban J connectivity index is 2.61. The van der Waals surface area contributed by atoms with Crippen LogP contribution in [0.3, 0.4) is 0 Å². The summed E-state index contributed by atoms with van der Waals surface area (Å²) in [6.45, 7) is 2.80. The first-order valence-electron chi connectivity index (χ1n) is 5.26. The van der Waals surface area contributed by atoms with E-state index in [0.29, 0.717) is 18.3 Å². The molecule has 0 aromatic carbocycles. The van der Waals surface area contributed by atoms with Gasteiger partial charge in [0.25, 0.3) is 0 Å². The molecule has 0 saturated carbocycles. The SMILES string of the molecule is CCN(C)C(=O)CNc1ncc(Br)c(NC)n1. The monoisotopic (exact) mass is 301 g/mol. The molecule has 1 heterocycles. The predicted molar refractivity (Wildman–Crippen MR) is 71.1 cm³/mol. The normalized spacial score (nSPS) is 9.88. The third-order valence-electron chi connectivity index (χ3n) is 2.28. The molecule has 6 nitrogen and oxygen atoms in total. The van der Waals surface area contributed by atoms with Crippen LogP contribution in [0.5, 0.6) is 0 Å². The number of likely N-dealkylation sites (N-methyl/N-ethyl adjacent to an activating group) is 1. The number of amides is 1. The lowest BCUT2D eigenvalue weighted by Crippen LogP contribution is -2.32. The van der Waals surface area contributed by atoms with Crippen molar-refractivity contribution in [1.29, 1.82) is 0 Å². The molecular weight excluding hydrogens is 286 g/mol. The van der Waals surface area contributed by atoms with Gasteiger partial charge < -0.3 is 15.5 Å². The first-order chi connectivity index (χ1) is 8.08. The van der Waals surface area contributed by atoms with Crippen LogP contribution in [0.1, 0.15) is 6.92 Å². The van der Waals surface area contributed by atoms with Gasteiger partial charge in [0, 0.05) is 26.8 Å². The maximum atomic E-state index is 11.6. The minimum atomic E-state index is 0.00465. The van der Waals surface area contributed by atoms with E-state index in [9.17, 15) is 4.79 Å². The molecular formula is C10H16BrN5O. The third kappa shape index (κ3) is 3.85. The molecule has 0 aliphatic rings. The molecule has 94 valence electrons. The lowest BCUT2D eigenvalue weighted by atomic mass is 10.5. The second-order valence-electron chi connectivity index (χ2n) is 3.40. The van der Waals surface area contributed by atoms with Crippen LogP contribution < -0.4 is 10.6 Å². The Labute approximate surface area is 109 Å². The molecule has 1 rings (SSSR count). The molecule has 1 amide bonds. The summed E-state index contributed by atoms with van der Waals surface area (Å²) in [4.78, 5) is 21.4. The zero-order chi connectivity index (χ0) is 12.8. The fraction of sp³-hybridized carbons (Fsp3) is 0.500. The number of hydrogen-bond donors (Lipinski definition) is 2. The van der Waals surface area contributed by atoms with Crippen LogP contribution in [0, 0.1) is 0 Å². The minimum Gasteiger partial charge on any atom is -0.372 e. The zero-order valence-corrected chi connectivity index (χ0v) is 11.7. The van der Waals surface area contributed by atoms with E-state index >= 15 is 0 Å². The summed E-state index contributed by atoms with van der Waals surface area (Å²) >= 11 is 3.31. The molecule has 7 heteroatoms. The number of nitrogens with zero attached hydrogens (tertiary/aromatic N) is 3. The third-order valence-corrected chi connectivity index (χ3v) is 2.86. The van der Waals surface area contributed by atoms with Crippen molar-refractivity contribution in [1.82, 2.24) is 14.9 Å². The van der Waals surface area contributed by atoms with Crippen molar-refractivity contribution in [2.24, 2.45) is 0 Å². The van der Waals surface area contributed by atoms with Crippen molar-refractivity contribution in [3.05, 3.63) is 10.7 Å². The Morgan fingerprint density at radius 1 is 1.59 bits per heavy atom. The number of hydrogen-bond acceptors (Lipinski definition) is 5. The van der Waals surface area contributed by atoms with E-state index < -0.39 is 0 Å². The van der Waals surface area contributed by atoms with Crippen LogP contribution in [-0.4, -0.2) is 48.0 Å². The van der Waals surface area contributed by atoms with Crippen molar-refractivity contribution in [3.63, 3.8) is 0 Å². The quantitative estimate of drug-likeness (QED) is 0.854. The molecule has 1 aromatic heterocycles. The highest BCUT2D eigenvalue weighted by Crippen LogP contribution is 2.18. The molecule has 2 N–H and O–H groups in total. The Kier molecular flexibility index (Phi) is 5.14. The second-order valence-corrected chi connectivity index (χ2v) is 4.26. The Morgan fingerprint density at radius 2 is 2.29 bits per heavy atom. The molecule has 0 atom stereocenters. The van der Waals surface area contributed by atoms with Gasteiger partial charge in [0.1, 0.15) is 5.82 Å². The van der Waals surface area contributed by atoms with Gasteiger partial charge in [-0.3, -0.25) is 4.79 Å². The summed E-state index contributed by atoms with van der Waals surface area (Å²) in [5.74, 6) is 1.11. The van der Waals surface area contributed by atoms with E-state index in [1.165, 1.54) is 0 Å². The van der Waals surface area contributed by atoms with Gasteiger partial charge in [-0.05, 0) is 22.9 Å². The molecule has 0 spiro atoms. The van der Waals surface area contributed by atoms with E-state index in [1.54, 1.807) is 25.2 Å². The zero-order valence-electron chi connectivity index (χ0n) is 10.1. The summed E-state index contributed by atoms with van der Waals surface area (Å²) < 4.78 is 0.780. The summed E-state index contributed by atoms with van der Waals surface area (Å²) in [6, 6.07) is 0. The van der Waals surface area contributed by atoms with Crippen molar-refractivity contribution in [2.45, 2.75) is 6.92 Å². The van der Waals surface area contributed by atoms with Crippen LogP contribution >= 0.6 is 15.9 Å². The van der Waals surface area contributed by atoms with Crippen LogP contribution in [0.4, 0.5) is 11.8 Å². The van der Waals surface area contributed by atoms with E-state index in [-0.39, 0.29) is 12.5 Å². The average Bonchev–Trinajstić information content (AvgIpc) is 2.36. The first-order valence-corrected chi connectivity index (χ1v) is 6.06. The van der Waals surface area contributed by atoms with Gasteiger partial charge in [0.2, 0.25) is 11.9 Å². The molecule has 17 heavy (non-hydrogen) atoms. The van der Waals surface area contributed by atoms with Crippen LogP contribution in [0.15, 0.2) is 10.7 Å². The van der Waals surface area contributed by atoms with Crippen LogP contribution in [0.25, 0.3) is 0 Å². The van der Waals surface area contributed by atoms with Gasteiger partial charge >= 0.3 is 0 Å². The number of carbonyl (C=O) groups excluding carboxylic acids is 1. The van der Waals surface area contributed by atoms with Crippen molar-refractivity contribution < 1.29 is 4.79 Å². The molecule has 0 fully saturated rings. The largest absolute Gasteiger partial charge is 0.372 e. The standard InChI is InChI=1S/C10H16BrN5O/c1-4-16(3)8(17)6-14-10-13-5-7(11)9(12-2)15-10/h5H,4,6H2,1-3H3,(H2,12,13,14,15). The van der Waals surface area contributed by atoms with Gasteiger partial charge in [-0.15, -0.1) is 0 Å². The topological polar surface area (TPSA) is 70.2 Å². The Hall–Kier alpha value is -1.37. The summed E-state index contributed by atoms with van der Waals surface area (Å²) in [5.41, 5.74) is 0. The number of halogens is 1. The second kappa shape index (κ2) is 6.39. The van der Waals surface area contributed by atoms with Crippen molar-refractivity contribution in [3.8, 4) is 0 Å². The number of anilines is 2. The fourth-order valence-electron chi connectivity index (χ4n) is 1.09. The molecule has 0 aliphatic carbocycles. The van der Waals surface area contributed by atoms with Gasteiger partial charge in [-0.2, -0.15) is 4.98 Å². The minimum absolute atomic E-state index is 0.00465. The van der Waals surface area contributed by atoms with Gasteiger partial charge in [-0.25, -0.2) is 4.98 Å². The van der Waals surface area contributed by atoms with Gasteiger partial charge in [0.15, 0.2) is 0 Å². The summed E-state index contributed by atoms with van der Waals surface area (Å²) in [7, 11) is 3.53. The van der Waals surface area contributed by atoms with Crippen LogP contribution in [-0.2, 0) is 4.79 Å². The van der Waals surface area contributed by atoms with Crippen molar-refractivity contribution >= 4 is 33.6 Å².